The quantitative estimate of drug-likeness (QED) is 0.720. The van der Waals surface area contributed by atoms with Gasteiger partial charge in [0.15, 0.2) is 0 Å². The van der Waals surface area contributed by atoms with Crippen LogP contribution in [0.1, 0.15) is 11.1 Å². The van der Waals surface area contributed by atoms with Crippen LogP contribution in [0.3, 0.4) is 0 Å². The lowest BCUT2D eigenvalue weighted by Crippen LogP contribution is -2.03. The number of ether oxygens (including phenoxy) is 1. The number of hydrogen-bond donors (Lipinski definition) is 1. The summed E-state index contributed by atoms with van der Waals surface area (Å²) >= 11 is 0. The summed E-state index contributed by atoms with van der Waals surface area (Å²) in [6.45, 7) is 1.72. The van der Waals surface area contributed by atoms with Crippen molar-refractivity contribution in [2.75, 3.05) is 18.5 Å². The van der Waals surface area contributed by atoms with Crippen molar-refractivity contribution in [3.05, 3.63) is 83.9 Å². The van der Waals surface area contributed by atoms with Crippen LogP contribution >= 0.6 is 0 Å². The highest BCUT2D eigenvalue weighted by Gasteiger charge is 2.14. The van der Waals surface area contributed by atoms with Crippen LogP contribution in [-0.4, -0.2) is 13.2 Å². The van der Waals surface area contributed by atoms with E-state index in [-0.39, 0.29) is 0 Å². The number of benzene rings is 3. The lowest BCUT2D eigenvalue weighted by Gasteiger charge is -2.10. The Morgan fingerprint density at radius 3 is 2.42 bits per heavy atom. The fourth-order valence-corrected chi connectivity index (χ4v) is 3.22. The first-order valence-corrected chi connectivity index (χ1v) is 8.53. The van der Waals surface area contributed by atoms with Crippen LogP contribution in [-0.2, 0) is 12.8 Å². The van der Waals surface area contributed by atoms with Crippen molar-refractivity contribution in [3.63, 3.8) is 0 Å². The molecule has 0 spiro atoms. The minimum Gasteiger partial charge on any atom is -0.493 e. The largest absolute Gasteiger partial charge is 0.493 e. The molecule has 2 nitrogen and oxygen atoms in total. The van der Waals surface area contributed by atoms with E-state index >= 15 is 0 Å². The molecule has 0 fully saturated rings. The number of rotatable bonds is 5. The molecule has 1 heterocycles. The van der Waals surface area contributed by atoms with Crippen molar-refractivity contribution in [1.29, 1.82) is 0 Å². The molecule has 0 aromatic heterocycles. The molecule has 3 aromatic carbocycles. The molecule has 120 valence electrons. The van der Waals surface area contributed by atoms with Gasteiger partial charge in [0, 0.05) is 24.2 Å². The van der Waals surface area contributed by atoms with Gasteiger partial charge in [0.05, 0.1) is 6.61 Å². The average molecular weight is 315 g/mol. The van der Waals surface area contributed by atoms with Gasteiger partial charge in [-0.25, -0.2) is 0 Å². The molecule has 0 aliphatic carbocycles. The van der Waals surface area contributed by atoms with Crippen LogP contribution < -0.4 is 10.1 Å². The van der Waals surface area contributed by atoms with Gasteiger partial charge >= 0.3 is 0 Å². The molecular weight excluding hydrogens is 294 g/mol. The Morgan fingerprint density at radius 2 is 1.58 bits per heavy atom. The molecule has 3 aromatic rings. The smallest absolute Gasteiger partial charge is 0.124 e. The minimum atomic E-state index is 0.709. The molecule has 0 atom stereocenters. The van der Waals surface area contributed by atoms with E-state index in [0.29, 0.717) is 6.61 Å². The van der Waals surface area contributed by atoms with Crippen molar-refractivity contribution in [2.24, 2.45) is 0 Å². The summed E-state index contributed by atoms with van der Waals surface area (Å²) in [4.78, 5) is 0. The van der Waals surface area contributed by atoms with Gasteiger partial charge in [0.2, 0.25) is 0 Å². The Kier molecular flexibility index (Phi) is 4.20. The van der Waals surface area contributed by atoms with Gasteiger partial charge in [-0.3, -0.25) is 0 Å². The van der Waals surface area contributed by atoms with Gasteiger partial charge in [0.25, 0.3) is 0 Å². The van der Waals surface area contributed by atoms with Crippen molar-refractivity contribution >= 4 is 5.69 Å². The SMILES string of the molecule is c1ccc(-c2ccc(CCOc3cccc4c3CCN4)cc2)cc1. The monoisotopic (exact) mass is 315 g/mol. The highest BCUT2D eigenvalue weighted by Crippen LogP contribution is 2.31. The van der Waals surface area contributed by atoms with Crippen LogP contribution in [0, 0.1) is 0 Å². The topological polar surface area (TPSA) is 21.3 Å². The summed E-state index contributed by atoms with van der Waals surface area (Å²) in [6.07, 6.45) is 1.98. The molecule has 0 amide bonds. The van der Waals surface area contributed by atoms with Crippen molar-refractivity contribution in [2.45, 2.75) is 12.8 Å². The minimum absolute atomic E-state index is 0.709. The van der Waals surface area contributed by atoms with E-state index in [4.69, 9.17) is 4.74 Å². The van der Waals surface area contributed by atoms with Crippen molar-refractivity contribution in [1.82, 2.24) is 0 Å². The van der Waals surface area contributed by atoms with E-state index in [1.54, 1.807) is 0 Å². The number of nitrogens with one attached hydrogen (secondary N) is 1. The highest BCUT2D eigenvalue weighted by atomic mass is 16.5. The molecule has 2 heteroatoms. The highest BCUT2D eigenvalue weighted by molar-refractivity contribution is 5.63. The van der Waals surface area contributed by atoms with Crippen LogP contribution in [0.5, 0.6) is 5.75 Å². The lowest BCUT2D eigenvalue weighted by atomic mass is 10.0. The van der Waals surface area contributed by atoms with Gasteiger partial charge < -0.3 is 10.1 Å². The number of hydrogen-bond acceptors (Lipinski definition) is 2. The second kappa shape index (κ2) is 6.79. The summed E-state index contributed by atoms with van der Waals surface area (Å²) < 4.78 is 6.03. The normalized spacial score (nSPS) is 12.5. The van der Waals surface area contributed by atoms with Gasteiger partial charge in [0.1, 0.15) is 5.75 Å². The zero-order valence-corrected chi connectivity index (χ0v) is 13.7. The molecule has 0 saturated heterocycles. The summed E-state index contributed by atoms with van der Waals surface area (Å²) in [7, 11) is 0. The standard InChI is InChI=1S/C22H21NO/c1-2-5-18(6-3-1)19-11-9-17(10-12-19)14-16-24-22-8-4-7-21-20(22)13-15-23-21/h1-12,23H,13-16H2. The molecule has 0 unspecified atom stereocenters. The summed E-state index contributed by atoms with van der Waals surface area (Å²) in [5, 5.41) is 3.39. The maximum Gasteiger partial charge on any atom is 0.124 e. The molecule has 1 aliphatic heterocycles. The first-order valence-electron chi connectivity index (χ1n) is 8.53. The maximum absolute atomic E-state index is 6.03. The first-order chi connectivity index (χ1) is 11.9. The number of anilines is 1. The average Bonchev–Trinajstić information content (AvgIpc) is 3.13. The predicted molar refractivity (Wildman–Crippen MR) is 99.7 cm³/mol. The Hall–Kier alpha value is -2.74. The maximum atomic E-state index is 6.03. The predicted octanol–water partition coefficient (Wildman–Crippen LogP) is 4.94. The van der Waals surface area contributed by atoms with Gasteiger partial charge in [-0.2, -0.15) is 0 Å². The van der Waals surface area contributed by atoms with Gasteiger partial charge in [-0.05, 0) is 35.2 Å². The molecule has 0 radical (unpaired) electrons. The zero-order valence-electron chi connectivity index (χ0n) is 13.7. The van der Waals surface area contributed by atoms with Crippen molar-refractivity contribution < 1.29 is 4.74 Å². The van der Waals surface area contributed by atoms with Crippen LogP contribution in [0.2, 0.25) is 0 Å². The Morgan fingerprint density at radius 1 is 0.792 bits per heavy atom. The second-order valence-electron chi connectivity index (χ2n) is 6.12. The van der Waals surface area contributed by atoms with E-state index in [9.17, 15) is 0 Å². The zero-order chi connectivity index (χ0) is 16.2. The summed E-state index contributed by atoms with van der Waals surface area (Å²) in [6, 6.07) is 25.5. The summed E-state index contributed by atoms with van der Waals surface area (Å²) in [5.41, 5.74) is 6.36. The summed E-state index contributed by atoms with van der Waals surface area (Å²) in [5.74, 6) is 1.03. The van der Waals surface area contributed by atoms with E-state index in [0.717, 1.165) is 25.1 Å². The third kappa shape index (κ3) is 3.13. The van der Waals surface area contributed by atoms with E-state index in [2.05, 4.69) is 72.0 Å². The van der Waals surface area contributed by atoms with E-state index in [1.807, 2.05) is 6.07 Å². The van der Waals surface area contributed by atoms with Gasteiger partial charge in [-0.1, -0.05) is 60.7 Å². The second-order valence-corrected chi connectivity index (χ2v) is 6.12. The molecule has 24 heavy (non-hydrogen) atoms. The molecular formula is C22H21NO. The molecule has 0 bridgehead atoms. The Balaban J connectivity index is 1.38. The fourth-order valence-electron chi connectivity index (χ4n) is 3.22. The third-order valence-corrected chi connectivity index (χ3v) is 4.53. The Bertz CT molecular complexity index is 809. The molecule has 4 rings (SSSR count). The molecule has 0 saturated carbocycles. The van der Waals surface area contributed by atoms with E-state index in [1.165, 1.54) is 27.9 Å². The number of fused-ring (bicyclic) bond motifs is 1. The Labute approximate surface area is 143 Å². The van der Waals surface area contributed by atoms with Crippen LogP contribution in [0.25, 0.3) is 11.1 Å². The lowest BCUT2D eigenvalue weighted by molar-refractivity contribution is 0.319. The van der Waals surface area contributed by atoms with Crippen LogP contribution in [0.4, 0.5) is 5.69 Å². The van der Waals surface area contributed by atoms with Crippen LogP contribution in [0.15, 0.2) is 72.8 Å². The van der Waals surface area contributed by atoms with Crippen molar-refractivity contribution in [3.8, 4) is 16.9 Å². The molecule has 1 N–H and O–H groups in total. The fraction of sp³-hybridized carbons (Fsp3) is 0.182. The first kappa shape index (κ1) is 14.8. The molecule has 1 aliphatic rings. The van der Waals surface area contributed by atoms with E-state index < -0.39 is 0 Å². The van der Waals surface area contributed by atoms with Gasteiger partial charge in [-0.15, -0.1) is 0 Å². The third-order valence-electron chi connectivity index (χ3n) is 4.53.